The van der Waals surface area contributed by atoms with E-state index in [1.807, 2.05) is 39.9 Å². The van der Waals surface area contributed by atoms with Gasteiger partial charge in [0.2, 0.25) is 0 Å². The minimum Gasteiger partial charge on any atom is -0.355 e. The predicted octanol–water partition coefficient (Wildman–Crippen LogP) is 5.66. The molecule has 0 atom stereocenters. The Morgan fingerprint density at radius 2 is 1.82 bits per heavy atom. The maximum Gasteiger partial charge on any atom is 0.254 e. The Morgan fingerprint density at radius 1 is 0.970 bits per heavy atom. The standard InChI is InChI=1S/C25H20Cl2N4O2/c26-19-9-8-16(13-20(19)27)25(32)30-12-10-21-18(14-30)23-22-17(7-4-11-31(23)28-21)24(33-29-22)15-5-2-1-3-6-15/h1-3,5-6,8-9,13H,4,7,10-12,14H2. The van der Waals surface area contributed by atoms with Crippen molar-refractivity contribution in [3.05, 3.63) is 81.0 Å². The lowest BCUT2D eigenvalue weighted by Gasteiger charge is -2.27. The number of amides is 1. The molecular weight excluding hydrogens is 459 g/mol. The van der Waals surface area contributed by atoms with Crippen LogP contribution >= 0.6 is 23.2 Å². The minimum atomic E-state index is -0.0712. The molecule has 8 heteroatoms. The van der Waals surface area contributed by atoms with Crippen molar-refractivity contribution in [3.63, 3.8) is 0 Å². The zero-order valence-corrected chi connectivity index (χ0v) is 19.2. The third-order valence-electron chi connectivity index (χ3n) is 6.40. The highest BCUT2D eigenvalue weighted by Gasteiger charge is 2.33. The SMILES string of the molecule is O=C(c1ccc(Cl)c(Cl)c1)N1CCc2nn3c(c2C1)-c1noc(-c2ccccc2)c1CCC3. The number of carbonyl (C=O) groups is 1. The molecule has 6 nitrogen and oxygen atoms in total. The summed E-state index contributed by atoms with van der Waals surface area (Å²) in [7, 11) is 0. The van der Waals surface area contributed by atoms with E-state index in [9.17, 15) is 4.79 Å². The van der Waals surface area contributed by atoms with Crippen LogP contribution in [0.5, 0.6) is 0 Å². The molecule has 0 radical (unpaired) electrons. The van der Waals surface area contributed by atoms with Gasteiger partial charge in [0.1, 0.15) is 5.69 Å². The average Bonchev–Trinajstić information content (AvgIpc) is 3.36. The lowest BCUT2D eigenvalue weighted by atomic mass is 9.98. The molecule has 2 aromatic carbocycles. The van der Waals surface area contributed by atoms with Crippen LogP contribution in [-0.2, 0) is 25.9 Å². The summed E-state index contributed by atoms with van der Waals surface area (Å²) in [6.07, 6.45) is 2.52. The summed E-state index contributed by atoms with van der Waals surface area (Å²) in [4.78, 5) is 15.1. The van der Waals surface area contributed by atoms with Crippen LogP contribution in [0, 0.1) is 0 Å². The zero-order valence-electron chi connectivity index (χ0n) is 17.7. The van der Waals surface area contributed by atoms with Gasteiger partial charge in [0.25, 0.3) is 5.91 Å². The number of halogens is 2. The Bertz CT molecular complexity index is 1380. The molecule has 1 amide bonds. The molecule has 4 heterocycles. The first kappa shape index (κ1) is 20.5. The summed E-state index contributed by atoms with van der Waals surface area (Å²) in [6, 6.07) is 15.1. The topological polar surface area (TPSA) is 64.2 Å². The summed E-state index contributed by atoms with van der Waals surface area (Å²) in [5.74, 6) is 0.742. The third kappa shape index (κ3) is 3.45. The van der Waals surface area contributed by atoms with Crippen LogP contribution in [0.1, 0.15) is 33.6 Å². The zero-order chi connectivity index (χ0) is 22.5. The number of carbonyl (C=O) groups excluding carboxylic acids is 1. The van der Waals surface area contributed by atoms with Gasteiger partial charge in [-0.2, -0.15) is 5.10 Å². The van der Waals surface area contributed by atoms with E-state index in [2.05, 4.69) is 5.16 Å². The third-order valence-corrected chi connectivity index (χ3v) is 7.14. The number of hydrogen-bond acceptors (Lipinski definition) is 4. The van der Waals surface area contributed by atoms with Gasteiger partial charge in [-0.25, -0.2) is 0 Å². The monoisotopic (exact) mass is 478 g/mol. The highest BCUT2D eigenvalue weighted by atomic mass is 35.5. The Morgan fingerprint density at radius 3 is 2.64 bits per heavy atom. The quantitative estimate of drug-likeness (QED) is 0.373. The molecule has 6 rings (SSSR count). The molecule has 0 N–H and O–H groups in total. The smallest absolute Gasteiger partial charge is 0.254 e. The van der Waals surface area contributed by atoms with Crippen molar-refractivity contribution in [2.24, 2.45) is 0 Å². The van der Waals surface area contributed by atoms with Crippen LogP contribution in [0.15, 0.2) is 53.1 Å². The summed E-state index contributed by atoms with van der Waals surface area (Å²) >= 11 is 12.2. The van der Waals surface area contributed by atoms with Gasteiger partial charge in [-0.3, -0.25) is 9.48 Å². The number of aromatic nitrogens is 3. The average molecular weight is 479 g/mol. The van der Waals surface area contributed by atoms with Gasteiger partial charge < -0.3 is 9.42 Å². The normalized spacial score (nSPS) is 14.9. The van der Waals surface area contributed by atoms with Crippen LogP contribution < -0.4 is 0 Å². The van der Waals surface area contributed by atoms with Crippen LogP contribution in [-0.4, -0.2) is 32.3 Å². The minimum absolute atomic E-state index is 0.0712. The van der Waals surface area contributed by atoms with E-state index in [0.717, 1.165) is 58.9 Å². The van der Waals surface area contributed by atoms with Gasteiger partial charge in [-0.15, -0.1) is 0 Å². The Balaban J connectivity index is 1.39. The molecule has 2 aromatic heterocycles. The second-order valence-corrected chi connectivity index (χ2v) is 9.23. The second kappa shape index (κ2) is 8.04. The van der Waals surface area contributed by atoms with Gasteiger partial charge in [0, 0.05) is 41.8 Å². The molecule has 0 aliphatic carbocycles. The first-order chi connectivity index (χ1) is 16.1. The Hall–Kier alpha value is -3.09. The van der Waals surface area contributed by atoms with Crippen molar-refractivity contribution in [2.45, 2.75) is 32.4 Å². The maximum atomic E-state index is 13.2. The molecule has 0 bridgehead atoms. The second-order valence-electron chi connectivity index (χ2n) is 8.41. The largest absolute Gasteiger partial charge is 0.355 e. The lowest BCUT2D eigenvalue weighted by Crippen LogP contribution is -2.36. The summed E-state index contributed by atoms with van der Waals surface area (Å²) < 4.78 is 7.89. The molecule has 0 saturated heterocycles. The van der Waals surface area contributed by atoms with Crippen LogP contribution in [0.2, 0.25) is 10.0 Å². The van der Waals surface area contributed by atoms with Crippen LogP contribution in [0.4, 0.5) is 0 Å². The van der Waals surface area contributed by atoms with E-state index in [1.54, 1.807) is 18.2 Å². The van der Waals surface area contributed by atoms with Gasteiger partial charge >= 0.3 is 0 Å². The van der Waals surface area contributed by atoms with Crippen LogP contribution in [0.25, 0.3) is 22.7 Å². The fraction of sp³-hybridized carbons (Fsp3) is 0.240. The van der Waals surface area contributed by atoms with Crippen molar-refractivity contribution in [1.82, 2.24) is 19.8 Å². The molecule has 2 aliphatic rings. The number of aryl methyl sites for hydroxylation is 1. The summed E-state index contributed by atoms with van der Waals surface area (Å²) in [5, 5.41) is 10.2. The number of benzene rings is 2. The fourth-order valence-corrected chi connectivity index (χ4v) is 5.09. The molecule has 4 aromatic rings. The first-order valence-electron chi connectivity index (χ1n) is 11.0. The van der Waals surface area contributed by atoms with E-state index in [1.165, 1.54) is 0 Å². The van der Waals surface area contributed by atoms with Gasteiger partial charge in [0.05, 0.1) is 28.0 Å². The van der Waals surface area contributed by atoms with Crippen molar-refractivity contribution < 1.29 is 9.32 Å². The first-order valence-corrected chi connectivity index (χ1v) is 11.7. The molecular formula is C25H20Cl2N4O2. The van der Waals surface area contributed by atoms with Gasteiger partial charge in [-0.05, 0) is 31.0 Å². The highest BCUT2D eigenvalue weighted by molar-refractivity contribution is 6.42. The molecule has 33 heavy (non-hydrogen) atoms. The predicted molar refractivity (Wildman–Crippen MR) is 126 cm³/mol. The summed E-state index contributed by atoms with van der Waals surface area (Å²) in [5.41, 5.74) is 6.53. The van der Waals surface area contributed by atoms with E-state index in [0.29, 0.717) is 35.1 Å². The van der Waals surface area contributed by atoms with Crippen LogP contribution in [0.3, 0.4) is 0 Å². The van der Waals surface area contributed by atoms with Crippen molar-refractivity contribution in [3.8, 4) is 22.7 Å². The van der Waals surface area contributed by atoms with E-state index < -0.39 is 0 Å². The lowest BCUT2D eigenvalue weighted by molar-refractivity contribution is 0.0734. The molecule has 0 fully saturated rings. The number of fused-ring (bicyclic) bond motifs is 5. The Kier molecular flexibility index (Phi) is 5.00. The van der Waals surface area contributed by atoms with Crippen molar-refractivity contribution in [1.29, 1.82) is 0 Å². The van der Waals surface area contributed by atoms with Gasteiger partial charge in [-0.1, -0.05) is 58.7 Å². The number of nitrogens with zero attached hydrogens (tertiary/aromatic N) is 4. The van der Waals surface area contributed by atoms with E-state index in [4.69, 9.17) is 32.8 Å². The molecule has 166 valence electrons. The van der Waals surface area contributed by atoms with E-state index in [-0.39, 0.29) is 5.91 Å². The van der Waals surface area contributed by atoms with Gasteiger partial charge in [0.15, 0.2) is 5.76 Å². The maximum absolute atomic E-state index is 13.2. The van der Waals surface area contributed by atoms with Crippen molar-refractivity contribution >= 4 is 29.1 Å². The molecule has 2 aliphatic heterocycles. The molecule has 0 spiro atoms. The highest BCUT2D eigenvalue weighted by Crippen LogP contribution is 2.39. The molecule has 0 unspecified atom stereocenters. The Labute approximate surface area is 200 Å². The van der Waals surface area contributed by atoms with Crippen molar-refractivity contribution in [2.75, 3.05) is 6.54 Å². The number of rotatable bonds is 2. The summed E-state index contributed by atoms with van der Waals surface area (Å²) in [6.45, 7) is 1.88. The number of hydrogen-bond donors (Lipinski definition) is 0. The molecule has 0 saturated carbocycles. The fourth-order valence-electron chi connectivity index (χ4n) is 4.79. The van der Waals surface area contributed by atoms with E-state index >= 15 is 0 Å².